The highest BCUT2D eigenvalue weighted by Gasteiger charge is 2.25. The molecule has 0 aliphatic rings. The van der Waals surface area contributed by atoms with E-state index in [0.29, 0.717) is 28.3 Å². The second kappa shape index (κ2) is 8.13. The third kappa shape index (κ3) is 3.63. The molecule has 6 nitrogen and oxygen atoms in total. The van der Waals surface area contributed by atoms with Gasteiger partial charge in [0.15, 0.2) is 0 Å². The molecule has 3 aromatic carbocycles. The molecule has 0 unspecified atom stereocenters. The van der Waals surface area contributed by atoms with E-state index in [1.807, 2.05) is 61.5 Å². The summed E-state index contributed by atoms with van der Waals surface area (Å²) in [7, 11) is 1.60. The van der Waals surface area contributed by atoms with Gasteiger partial charge in [0.1, 0.15) is 5.75 Å². The SMILES string of the molecule is COc1ccc(NC(=O)c2c(C)nn(-c3ccccc3)c2-c2ccccc2N)cc1. The normalized spacial score (nSPS) is 10.6. The van der Waals surface area contributed by atoms with Crippen LogP contribution in [0.1, 0.15) is 16.1 Å². The number of methoxy groups -OCH3 is 1. The molecule has 4 aromatic rings. The number of nitrogens with one attached hydrogen (secondary N) is 1. The number of aryl methyl sites for hydroxylation is 1. The van der Waals surface area contributed by atoms with Crippen LogP contribution in [0.4, 0.5) is 11.4 Å². The molecule has 0 saturated carbocycles. The van der Waals surface area contributed by atoms with Gasteiger partial charge in [0.25, 0.3) is 5.91 Å². The lowest BCUT2D eigenvalue weighted by atomic mass is 10.0. The molecule has 0 aliphatic heterocycles. The maximum Gasteiger partial charge on any atom is 0.259 e. The Morgan fingerprint density at radius 2 is 1.63 bits per heavy atom. The zero-order chi connectivity index (χ0) is 21.1. The second-order valence-corrected chi connectivity index (χ2v) is 6.83. The summed E-state index contributed by atoms with van der Waals surface area (Å²) in [5.74, 6) is 0.469. The minimum absolute atomic E-state index is 0.252. The number of nitrogens with two attached hydrogens (primary N) is 1. The van der Waals surface area contributed by atoms with Crippen LogP contribution in [0, 0.1) is 6.92 Å². The van der Waals surface area contributed by atoms with Crippen LogP contribution in [0.15, 0.2) is 78.9 Å². The second-order valence-electron chi connectivity index (χ2n) is 6.83. The van der Waals surface area contributed by atoms with Gasteiger partial charge in [0, 0.05) is 16.9 Å². The van der Waals surface area contributed by atoms with Crippen molar-refractivity contribution in [1.82, 2.24) is 9.78 Å². The zero-order valence-electron chi connectivity index (χ0n) is 16.8. The summed E-state index contributed by atoms with van der Waals surface area (Å²) in [5, 5.41) is 7.62. The predicted octanol–water partition coefficient (Wildman–Crippen LogP) is 4.69. The first-order valence-corrected chi connectivity index (χ1v) is 9.54. The van der Waals surface area contributed by atoms with Crippen LogP contribution in [0.5, 0.6) is 5.75 Å². The van der Waals surface area contributed by atoms with Crippen molar-refractivity contribution in [2.24, 2.45) is 0 Å². The summed E-state index contributed by atoms with van der Waals surface area (Å²) in [5.41, 5.74) is 10.9. The predicted molar refractivity (Wildman–Crippen MR) is 119 cm³/mol. The Hall–Kier alpha value is -4.06. The Balaban J connectivity index is 1.83. The molecule has 3 N–H and O–H groups in total. The fourth-order valence-corrected chi connectivity index (χ4v) is 3.38. The number of carbonyl (C=O) groups excluding carboxylic acids is 1. The molecule has 30 heavy (non-hydrogen) atoms. The fraction of sp³-hybridized carbons (Fsp3) is 0.0833. The Kier molecular flexibility index (Phi) is 5.22. The smallest absolute Gasteiger partial charge is 0.259 e. The first-order valence-electron chi connectivity index (χ1n) is 9.54. The van der Waals surface area contributed by atoms with Crippen molar-refractivity contribution in [1.29, 1.82) is 0 Å². The number of nitrogen functional groups attached to an aromatic ring is 1. The minimum atomic E-state index is -0.252. The van der Waals surface area contributed by atoms with Crippen molar-refractivity contribution >= 4 is 17.3 Å². The number of hydrogen-bond acceptors (Lipinski definition) is 4. The maximum atomic E-state index is 13.3. The fourth-order valence-electron chi connectivity index (χ4n) is 3.38. The molecule has 1 amide bonds. The highest BCUT2D eigenvalue weighted by molar-refractivity contribution is 6.10. The van der Waals surface area contributed by atoms with Gasteiger partial charge in [-0.05, 0) is 49.4 Å². The summed E-state index contributed by atoms with van der Waals surface area (Å²) < 4.78 is 6.95. The Morgan fingerprint density at radius 3 is 2.30 bits per heavy atom. The number of carbonyl (C=O) groups is 1. The molecule has 0 radical (unpaired) electrons. The van der Waals surface area contributed by atoms with Crippen LogP contribution in [0.25, 0.3) is 16.9 Å². The number of amides is 1. The minimum Gasteiger partial charge on any atom is -0.497 e. The van der Waals surface area contributed by atoms with Gasteiger partial charge < -0.3 is 15.8 Å². The van der Waals surface area contributed by atoms with Gasteiger partial charge in [-0.1, -0.05) is 36.4 Å². The molecular formula is C24H22N4O2. The zero-order valence-corrected chi connectivity index (χ0v) is 16.8. The number of nitrogens with zero attached hydrogens (tertiary/aromatic N) is 2. The van der Waals surface area contributed by atoms with E-state index in [-0.39, 0.29) is 5.91 Å². The maximum absolute atomic E-state index is 13.3. The Labute approximate surface area is 174 Å². The van der Waals surface area contributed by atoms with Crippen LogP contribution in [-0.4, -0.2) is 22.8 Å². The topological polar surface area (TPSA) is 82.2 Å². The van der Waals surface area contributed by atoms with E-state index in [9.17, 15) is 4.79 Å². The molecule has 1 aromatic heterocycles. The van der Waals surface area contributed by atoms with E-state index in [1.165, 1.54) is 0 Å². The highest BCUT2D eigenvalue weighted by atomic mass is 16.5. The number of rotatable bonds is 5. The number of aromatic nitrogens is 2. The molecule has 0 saturated heterocycles. The third-order valence-electron chi connectivity index (χ3n) is 4.85. The van der Waals surface area contributed by atoms with Crippen molar-refractivity contribution < 1.29 is 9.53 Å². The van der Waals surface area contributed by atoms with E-state index in [4.69, 9.17) is 10.5 Å². The van der Waals surface area contributed by atoms with Crippen molar-refractivity contribution in [3.63, 3.8) is 0 Å². The standard InChI is InChI=1S/C24H22N4O2/c1-16-22(24(29)26-17-12-14-19(30-2)15-13-17)23(20-10-6-7-11-21(20)25)28(27-16)18-8-4-3-5-9-18/h3-15H,25H2,1-2H3,(H,26,29). The van der Waals surface area contributed by atoms with Gasteiger partial charge in [0.2, 0.25) is 0 Å². The van der Waals surface area contributed by atoms with Crippen molar-refractivity contribution in [2.75, 3.05) is 18.2 Å². The third-order valence-corrected chi connectivity index (χ3v) is 4.85. The first-order chi connectivity index (χ1) is 14.6. The first kappa shape index (κ1) is 19.3. The summed E-state index contributed by atoms with van der Waals surface area (Å²) in [4.78, 5) is 13.3. The molecule has 0 bridgehead atoms. The van der Waals surface area contributed by atoms with Gasteiger partial charge in [-0.25, -0.2) is 4.68 Å². The van der Waals surface area contributed by atoms with E-state index >= 15 is 0 Å². The molecule has 0 atom stereocenters. The molecule has 4 rings (SSSR count). The lowest BCUT2D eigenvalue weighted by Gasteiger charge is -2.12. The number of benzene rings is 3. The average molecular weight is 398 g/mol. The molecular weight excluding hydrogens is 376 g/mol. The number of para-hydroxylation sites is 2. The monoisotopic (exact) mass is 398 g/mol. The lowest BCUT2D eigenvalue weighted by molar-refractivity contribution is 0.102. The summed E-state index contributed by atoms with van der Waals surface area (Å²) in [6.45, 7) is 1.82. The number of hydrogen-bond donors (Lipinski definition) is 2. The average Bonchev–Trinajstić information content (AvgIpc) is 3.12. The largest absolute Gasteiger partial charge is 0.497 e. The van der Waals surface area contributed by atoms with Crippen LogP contribution in [0.3, 0.4) is 0 Å². The van der Waals surface area contributed by atoms with Crippen molar-refractivity contribution in [3.8, 4) is 22.7 Å². The summed E-state index contributed by atoms with van der Waals surface area (Å²) in [6.07, 6.45) is 0. The van der Waals surface area contributed by atoms with Crippen molar-refractivity contribution in [2.45, 2.75) is 6.92 Å². The van der Waals surface area contributed by atoms with Crippen LogP contribution in [-0.2, 0) is 0 Å². The number of anilines is 2. The van der Waals surface area contributed by atoms with E-state index in [0.717, 1.165) is 17.0 Å². The summed E-state index contributed by atoms with van der Waals surface area (Å²) in [6, 6.07) is 24.4. The van der Waals surface area contributed by atoms with E-state index in [1.54, 1.807) is 36.1 Å². The Bertz CT molecular complexity index is 1180. The quantitative estimate of drug-likeness (QED) is 0.478. The van der Waals surface area contributed by atoms with Gasteiger partial charge in [0.05, 0.1) is 29.7 Å². The number of ether oxygens (including phenoxy) is 1. The molecule has 6 heteroatoms. The van der Waals surface area contributed by atoms with Crippen LogP contribution in [0.2, 0.25) is 0 Å². The van der Waals surface area contributed by atoms with Crippen LogP contribution < -0.4 is 15.8 Å². The Morgan fingerprint density at radius 1 is 0.967 bits per heavy atom. The molecule has 0 spiro atoms. The van der Waals surface area contributed by atoms with E-state index in [2.05, 4.69) is 10.4 Å². The lowest BCUT2D eigenvalue weighted by Crippen LogP contribution is -2.14. The molecule has 0 aliphatic carbocycles. The van der Waals surface area contributed by atoms with Crippen molar-refractivity contribution in [3.05, 3.63) is 90.1 Å². The van der Waals surface area contributed by atoms with Crippen LogP contribution >= 0.6 is 0 Å². The van der Waals surface area contributed by atoms with Gasteiger partial charge in [-0.2, -0.15) is 5.10 Å². The highest BCUT2D eigenvalue weighted by Crippen LogP contribution is 2.33. The van der Waals surface area contributed by atoms with Gasteiger partial charge >= 0.3 is 0 Å². The van der Waals surface area contributed by atoms with E-state index < -0.39 is 0 Å². The molecule has 1 heterocycles. The van der Waals surface area contributed by atoms with Gasteiger partial charge in [-0.15, -0.1) is 0 Å². The molecule has 150 valence electrons. The molecule has 0 fully saturated rings. The van der Waals surface area contributed by atoms with Gasteiger partial charge in [-0.3, -0.25) is 4.79 Å². The summed E-state index contributed by atoms with van der Waals surface area (Å²) >= 11 is 0.